The van der Waals surface area contributed by atoms with E-state index in [1.165, 1.54) is 17.6 Å². The molecule has 1 aromatic rings. The third-order valence-electron chi connectivity index (χ3n) is 2.59. The Morgan fingerprint density at radius 1 is 1.25 bits per heavy atom. The summed E-state index contributed by atoms with van der Waals surface area (Å²) in [4.78, 5) is 23.2. The van der Waals surface area contributed by atoms with Gasteiger partial charge in [-0.15, -0.1) is 0 Å². The van der Waals surface area contributed by atoms with E-state index < -0.39 is 18.0 Å². The highest BCUT2D eigenvalue weighted by Crippen LogP contribution is 2.21. The Morgan fingerprint density at radius 2 is 1.90 bits per heavy atom. The van der Waals surface area contributed by atoms with E-state index in [0.717, 1.165) is 0 Å². The highest BCUT2D eigenvalue weighted by Gasteiger charge is 2.21. The number of urea groups is 1. The molecule has 0 aliphatic rings. The lowest BCUT2D eigenvalue weighted by atomic mass is 10.0. The zero-order valence-corrected chi connectivity index (χ0v) is 11.4. The molecule has 0 fully saturated rings. The second kappa shape index (κ2) is 7.34. The number of rotatable bonds is 5. The van der Waals surface area contributed by atoms with E-state index in [1.54, 1.807) is 12.1 Å². The first-order valence-corrected chi connectivity index (χ1v) is 6.23. The van der Waals surface area contributed by atoms with Gasteiger partial charge >= 0.3 is 6.03 Å². The molecule has 7 nitrogen and oxygen atoms in total. The zero-order valence-electron chi connectivity index (χ0n) is 11.4. The van der Waals surface area contributed by atoms with Gasteiger partial charge in [0.15, 0.2) is 0 Å². The molecule has 110 valence electrons. The summed E-state index contributed by atoms with van der Waals surface area (Å²) in [5.41, 5.74) is 1.75. The summed E-state index contributed by atoms with van der Waals surface area (Å²) < 4.78 is 0. The first-order chi connectivity index (χ1) is 9.43. The highest BCUT2D eigenvalue weighted by atomic mass is 16.5. The number of anilines is 1. The summed E-state index contributed by atoms with van der Waals surface area (Å²) in [6.45, 7) is 3.78. The summed E-state index contributed by atoms with van der Waals surface area (Å²) in [6, 6.07) is 4.74. The molecule has 1 atom stereocenters. The van der Waals surface area contributed by atoms with Crippen LogP contribution in [0.3, 0.4) is 0 Å². The van der Waals surface area contributed by atoms with Gasteiger partial charge in [0, 0.05) is 0 Å². The van der Waals surface area contributed by atoms with Crippen LogP contribution in [0, 0.1) is 5.92 Å². The van der Waals surface area contributed by atoms with E-state index in [0.29, 0.717) is 6.42 Å². The van der Waals surface area contributed by atoms with E-state index in [1.807, 2.05) is 13.8 Å². The van der Waals surface area contributed by atoms with Crippen LogP contribution in [0.1, 0.15) is 20.3 Å². The predicted octanol–water partition coefficient (Wildman–Crippen LogP) is 1.43. The number of nitrogens with one attached hydrogen (secondary N) is 3. The summed E-state index contributed by atoms with van der Waals surface area (Å²) in [7, 11) is 0. The fourth-order valence-corrected chi connectivity index (χ4v) is 1.68. The predicted molar refractivity (Wildman–Crippen MR) is 73.4 cm³/mol. The first kappa shape index (κ1) is 15.8. The van der Waals surface area contributed by atoms with Crippen molar-refractivity contribution < 1.29 is 19.9 Å². The van der Waals surface area contributed by atoms with Crippen LogP contribution in [-0.4, -0.2) is 28.3 Å². The molecule has 0 heterocycles. The molecule has 5 N–H and O–H groups in total. The molecule has 0 aliphatic carbocycles. The molecule has 0 unspecified atom stereocenters. The van der Waals surface area contributed by atoms with Crippen molar-refractivity contribution >= 4 is 17.6 Å². The quantitative estimate of drug-likeness (QED) is 0.319. The molecule has 1 rings (SSSR count). The van der Waals surface area contributed by atoms with Crippen LogP contribution in [0.15, 0.2) is 24.3 Å². The van der Waals surface area contributed by atoms with Crippen molar-refractivity contribution in [1.82, 2.24) is 10.8 Å². The van der Waals surface area contributed by atoms with Crippen molar-refractivity contribution in [2.45, 2.75) is 26.3 Å². The standard InChI is InChI=1S/C13H19N3O4/c1-8(2)7-10(12(18)16-20)15-13(19)14-9-5-3-4-6-11(9)17/h3-6,8,10,17,20H,7H2,1-2H3,(H,16,18)(H2,14,15,19)/t10-/m0/s1. The summed E-state index contributed by atoms with van der Waals surface area (Å²) in [5, 5.41) is 23.1. The molecule has 0 spiro atoms. The molecular formula is C13H19N3O4. The van der Waals surface area contributed by atoms with Gasteiger partial charge in [-0.3, -0.25) is 10.0 Å². The van der Waals surface area contributed by atoms with Crippen LogP contribution in [0.2, 0.25) is 0 Å². The molecule has 0 aromatic heterocycles. The molecule has 0 saturated heterocycles. The lowest BCUT2D eigenvalue weighted by Gasteiger charge is -2.19. The first-order valence-electron chi connectivity index (χ1n) is 6.23. The Balaban J connectivity index is 2.66. The minimum atomic E-state index is -0.856. The fourth-order valence-electron chi connectivity index (χ4n) is 1.68. The third kappa shape index (κ3) is 4.77. The molecule has 20 heavy (non-hydrogen) atoms. The average molecular weight is 281 g/mol. The number of hydrogen-bond acceptors (Lipinski definition) is 4. The van der Waals surface area contributed by atoms with Gasteiger partial charge in [0.2, 0.25) is 0 Å². The van der Waals surface area contributed by atoms with Gasteiger partial charge in [-0.25, -0.2) is 10.3 Å². The van der Waals surface area contributed by atoms with Crippen LogP contribution in [0.4, 0.5) is 10.5 Å². The van der Waals surface area contributed by atoms with Crippen molar-refractivity contribution in [3.05, 3.63) is 24.3 Å². The summed E-state index contributed by atoms with van der Waals surface area (Å²) in [6.07, 6.45) is 0.376. The molecule has 0 saturated carbocycles. The maximum atomic E-state index is 11.8. The monoisotopic (exact) mass is 281 g/mol. The number of amides is 3. The van der Waals surface area contributed by atoms with Gasteiger partial charge in [-0.1, -0.05) is 26.0 Å². The summed E-state index contributed by atoms with van der Waals surface area (Å²) >= 11 is 0. The molecule has 3 amide bonds. The van der Waals surface area contributed by atoms with Gasteiger partial charge in [0.05, 0.1) is 5.69 Å². The number of carbonyl (C=O) groups is 2. The molecule has 7 heteroatoms. The van der Waals surface area contributed by atoms with E-state index in [4.69, 9.17) is 5.21 Å². The van der Waals surface area contributed by atoms with Crippen LogP contribution in [0.25, 0.3) is 0 Å². The SMILES string of the molecule is CC(C)C[C@H](NC(=O)Nc1ccccc1O)C(=O)NO. The molecular weight excluding hydrogens is 262 g/mol. The lowest BCUT2D eigenvalue weighted by molar-refractivity contribution is -0.131. The van der Waals surface area contributed by atoms with Crippen LogP contribution in [0.5, 0.6) is 5.75 Å². The van der Waals surface area contributed by atoms with E-state index in [2.05, 4.69) is 10.6 Å². The van der Waals surface area contributed by atoms with E-state index in [9.17, 15) is 14.7 Å². The minimum Gasteiger partial charge on any atom is -0.506 e. The number of benzene rings is 1. The van der Waals surface area contributed by atoms with Gasteiger partial charge < -0.3 is 15.7 Å². The number of hydroxylamine groups is 1. The smallest absolute Gasteiger partial charge is 0.319 e. The minimum absolute atomic E-state index is 0.0744. The maximum absolute atomic E-state index is 11.8. The lowest BCUT2D eigenvalue weighted by Crippen LogP contribution is -2.48. The maximum Gasteiger partial charge on any atom is 0.319 e. The van der Waals surface area contributed by atoms with Gasteiger partial charge in [-0.2, -0.15) is 0 Å². The number of phenols is 1. The van der Waals surface area contributed by atoms with Crippen LogP contribution in [-0.2, 0) is 4.79 Å². The average Bonchev–Trinajstić information content (AvgIpc) is 2.39. The number of hydrogen-bond donors (Lipinski definition) is 5. The second-order valence-electron chi connectivity index (χ2n) is 4.77. The Morgan fingerprint density at radius 3 is 2.45 bits per heavy atom. The number of carbonyl (C=O) groups excluding carboxylic acids is 2. The number of aromatic hydroxyl groups is 1. The van der Waals surface area contributed by atoms with E-state index >= 15 is 0 Å². The Kier molecular flexibility index (Phi) is 5.79. The van der Waals surface area contributed by atoms with E-state index in [-0.39, 0.29) is 17.4 Å². The zero-order chi connectivity index (χ0) is 15.1. The van der Waals surface area contributed by atoms with Gasteiger partial charge in [-0.05, 0) is 24.5 Å². The van der Waals surface area contributed by atoms with Crippen molar-refractivity contribution in [3.63, 3.8) is 0 Å². The van der Waals surface area contributed by atoms with Crippen LogP contribution < -0.4 is 16.1 Å². The second-order valence-corrected chi connectivity index (χ2v) is 4.77. The largest absolute Gasteiger partial charge is 0.506 e. The van der Waals surface area contributed by atoms with Crippen molar-refractivity contribution in [1.29, 1.82) is 0 Å². The molecule has 0 bridgehead atoms. The van der Waals surface area contributed by atoms with Gasteiger partial charge in [0.25, 0.3) is 5.91 Å². The number of para-hydroxylation sites is 2. The third-order valence-corrected chi connectivity index (χ3v) is 2.59. The van der Waals surface area contributed by atoms with Crippen molar-refractivity contribution in [2.75, 3.05) is 5.32 Å². The highest BCUT2D eigenvalue weighted by molar-refractivity contribution is 5.94. The normalized spacial score (nSPS) is 11.8. The van der Waals surface area contributed by atoms with Crippen molar-refractivity contribution in [3.8, 4) is 5.75 Å². The topological polar surface area (TPSA) is 111 Å². The van der Waals surface area contributed by atoms with Gasteiger partial charge in [0.1, 0.15) is 11.8 Å². The fraction of sp³-hybridized carbons (Fsp3) is 0.385. The number of phenolic OH excluding ortho intramolecular Hbond substituents is 1. The Bertz CT molecular complexity index is 476. The summed E-state index contributed by atoms with van der Waals surface area (Å²) in [5.74, 6) is -0.608. The molecule has 0 aliphatic heterocycles. The molecule has 0 radical (unpaired) electrons. The Labute approximate surface area is 117 Å². The van der Waals surface area contributed by atoms with Crippen molar-refractivity contribution in [2.24, 2.45) is 5.92 Å². The Hall–Kier alpha value is -2.28. The molecule has 1 aromatic carbocycles. The van der Waals surface area contributed by atoms with Crippen LogP contribution >= 0.6 is 0 Å².